The maximum Gasteiger partial charge on any atom is 0.122 e. The third-order valence-corrected chi connectivity index (χ3v) is 4.34. The molecule has 0 saturated heterocycles. The summed E-state index contributed by atoms with van der Waals surface area (Å²) in [6.45, 7) is 2.24. The maximum atomic E-state index is 9.63. The fourth-order valence-corrected chi connectivity index (χ4v) is 3.41. The Balaban J connectivity index is 2.28. The number of hydrogen-bond acceptors (Lipinski definition) is 2. The van der Waals surface area contributed by atoms with Gasteiger partial charge in [-0.3, -0.25) is 0 Å². The molecule has 1 saturated carbocycles. The van der Waals surface area contributed by atoms with Crippen molar-refractivity contribution in [2.75, 3.05) is 7.11 Å². The number of rotatable bonds is 3. The summed E-state index contributed by atoms with van der Waals surface area (Å²) in [5.41, 5.74) is 0.793. The van der Waals surface area contributed by atoms with Crippen LogP contribution in [0.3, 0.4) is 0 Å². The van der Waals surface area contributed by atoms with Crippen molar-refractivity contribution in [2.45, 2.75) is 39.0 Å². The Kier molecular flexibility index (Phi) is 4.37. The van der Waals surface area contributed by atoms with Crippen molar-refractivity contribution in [1.29, 1.82) is 5.26 Å². The first kappa shape index (κ1) is 14.2. The summed E-state index contributed by atoms with van der Waals surface area (Å²) in [6.07, 6.45) is 5.05. The molecule has 0 radical (unpaired) electrons. The molecule has 1 aromatic rings. The summed E-state index contributed by atoms with van der Waals surface area (Å²) in [5.74, 6) is 1.45. The monoisotopic (exact) mass is 277 g/mol. The van der Waals surface area contributed by atoms with Crippen molar-refractivity contribution in [3.8, 4) is 11.8 Å². The van der Waals surface area contributed by atoms with Gasteiger partial charge in [-0.05, 0) is 48.9 Å². The molecule has 0 heterocycles. The van der Waals surface area contributed by atoms with Gasteiger partial charge in [0.25, 0.3) is 0 Å². The van der Waals surface area contributed by atoms with E-state index in [9.17, 15) is 5.26 Å². The highest BCUT2D eigenvalue weighted by molar-refractivity contribution is 6.30. The van der Waals surface area contributed by atoms with Gasteiger partial charge in [0, 0.05) is 5.02 Å². The summed E-state index contributed by atoms with van der Waals surface area (Å²) in [7, 11) is 1.66. The lowest BCUT2D eigenvalue weighted by atomic mass is 9.68. The van der Waals surface area contributed by atoms with Crippen LogP contribution in [0, 0.1) is 22.7 Å². The van der Waals surface area contributed by atoms with E-state index in [1.807, 2.05) is 18.2 Å². The van der Waals surface area contributed by atoms with Crippen molar-refractivity contribution < 1.29 is 4.74 Å². The van der Waals surface area contributed by atoms with Crippen LogP contribution < -0.4 is 4.74 Å². The Morgan fingerprint density at radius 1 is 1.53 bits per heavy atom. The third kappa shape index (κ3) is 3.22. The Bertz CT molecular complexity index is 494. The zero-order chi connectivity index (χ0) is 13.9. The summed E-state index contributed by atoms with van der Waals surface area (Å²) in [4.78, 5) is 0. The average molecular weight is 278 g/mol. The molecule has 19 heavy (non-hydrogen) atoms. The molecular weight excluding hydrogens is 258 g/mol. The highest BCUT2D eigenvalue weighted by Gasteiger charge is 2.36. The number of benzene rings is 1. The minimum Gasteiger partial charge on any atom is -0.496 e. The molecule has 0 bridgehead atoms. The van der Waals surface area contributed by atoms with Crippen LogP contribution in [0.5, 0.6) is 5.75 Å². The van der Waals surface area contributed by atoms with Crippen molar-refractivity contribution >= 4 is 11.6 Å². The van der Waals surface area contributed by atoms with Crippen LogP contribution in [0.4, 0.5) is 0 Å². The van der Waals surface area contributed by atoms with Gasteiger partial charge in [-0.2, -0.15) is 5.26 Å². The van der Waals surface area contributed by atoms with Crippen LogP contribution >= 0.6 is 11.6 Å². The van der Waals surface area contributed by atoms with Gasteiger partial charge in [-0.25, -0.2) is 0 Å². The van der Waals surface area contributed by atoms with Crippen molar-refractivity contribution in [3.63, 3.8) is 0 Å². The summed E-state index contributed by atoms with van der Waals surface area (Å²) in [6, 6.07) is 8.21. The summed E-state index contributed by atoms with van der Waals surface area (Å²) in [5, 5.41) is 10.3. The van der Waals surface area contributed by atoms with Gasteiger partial charge in [0.1, 0.15) is 5.75 Å². The van der Waals surface area contributed by atoms with Gasteiger partial charge in [-0.1, -0.05) is 31.4 Å². The number of nitriles is 1. The van der Waals surface area contributed by atoms with Crippen LogP contribution in [-0.4, -0.2) is 7.11 Å². The molecule has 0 N–H and O–H groups in total. The fraction of sp³-hybridized carbons (Fsp3) is 0.562. The van der Waals surface area contributed by atoms with Gasteiger partial charge in [-0.15, -0.1) is 0 Å². The van der Waals surface area contributed by atoms with Crippen molar-refractivity contribution in [3.05, 3.63) is 28.8 Å². The van der Waals surface area contributed by atoms with E-state index >= 15 is 0 Å². The largest absolute Gasteiger partial charge is 0.496 e. The molecule has 2 atom stereocenters. The maximum absolute atomic E-state index is 9.63. The second kappa shape index (κ2) is 5.84. The molecule has 3 heteroatoms. The van der Waals surface area contributed by atoms with Crippen LogP contribution in [0.2, 0.25) is 5.02 Å². The number of ether oxygens (including phenoxy) is 1. The van der Waals surface area contributed by atoms with Crippen LogP contribution in [0.1, 0.15) is 38.2 Å². The van der Waals surface area contributed by atoms with Gasteiger partial charge in [0.2, 0.25) is 0 Å². The Labute approximate surface area is 120 Å². The van der Waals surface area contributed by atoms with E-state index in [0.29, 0.717) is 10.9 Å². The normalized spacial score (nSPS) is 26.7. The minimum absolute atomic E-state index is 0.254. The lowest BCUT2D eigenvalue weighted by molar-refractivity contribution is 0.208. The summed E-state index contributed by atoms with van der Waals surface area (Å²) >= 11 is 6.07. The first-order valence-electron chi connectivity index (χ1n) is 6.82. The van der Waals surface area contributed by atoms with E-state index in [2.05, 4.69) is 13.0 Å². The molecule has 1 aliphatic rings. The standard InChI is InChI=1S/C16H20ClNO/c1-12-4-3-7-16(9-12,11-18)10-13-8-14(17)5-6-15(13)19-2/h5-6,8,12H,3-4,7,9-10H2,1-2H3. The Morgan fingerprint density at radius 2 is 2.32 bits per heavy atom. The van der Waals surface area contributed by atoms with E-state index in [4.69, 9.17) is 16.3 Å². The van der Waals surface area contributed by atoms with Gasteiger partial charge >= 0.3 is 0 Å². The quantitative estimate of drug-likeness (QED) is 0.808. The zero-order valence-corrected chi connectivity index (χ0v) is 12.3. The topological polar surface area (TPSA) is 33.0 Å². The predicted molar refractivity (Wildman–Crippen MR) is 77.4 cm³/mol. The van der Waals surface area contributed by atoms with Crippen molar-refractivity contribution in [1.82, 2.24) is 0 Å². The van der Waals surface area contributed by atoms with E-state index in [-0.39, 0.29) is 5.41 Å². The van der Waals surface area contributed by atoms with Crippen LogP contribution in [-0.2, 0) is 6.42 Å². The molecular formula is C16H20ClNO. The molecule has 102 valence electrons. The van der Waals surface area contributed by atoms with Crippen LogP contribution in [0.15, 0.2) is 18.2 Å². The molecule has 0 spiro atoms. The van der Waals surface area contributed by atoms with E-state index < -0.39 is 0 Å². The zero-order valence-electron chi connectivity index (χ0n) is 11.6. The predicted octanol–water partition coefficient (Wildman–Crippen LogP) is 4.61. The fourth-order valence-electron chi connectivity index (χ4n) is 3.21. The first-order chi connectivity index (χ1) is 9.08. The second-order valence-corrected chi connectivity index (χ2v) is 6.16. The first-order valence-corrected chi connectivity index (χ1v) is 7.20. The molecule has 0 amide bonds. The molecule has 0 aliphatic heterocycles. The Hall–Kier alpha value is -1.20. The van der Waals surface area contributed by atoms with E-state index in [1.165, 1.54) is 6.42 Å². The average Bonchev–Trinajstić information content (AvgIpc) is 2.39. The molecule has 1 fully saturated rings. The second-order valence-electron chi connectivity index (χ2n) is 5.73. The third-order valence-electron chi connectivity index (χ3n) is 4.10. The molecule has 2 rings (SSSR count). The van der Waals surface area contributed by atoms with Crippen LogP contribution in [0.25, 0.3) is 0 Å². The highest BCUT2D eigenvalue weighted by atomic mass is 35.5. The summed E-state index contributed by atoms with van der Waals surface area (Å²) < 4.78 is 5.39. The smallest absolute Gasteiger partial charge is 0.122 e. The van der Waals surface area contributed by atoms with Crippen molar-refractivity contribution in [2.24, 2.45) is 11.3 Å². The molecule has 1 aliphatic carbocycles. The highest BCUT2D eigenvalue weighted by Crippen LogP contribution is 2.43. The number of nitrogens with zero attached hydrogens (tertiary/aromatic N) is 1. The number of halogens is 1. The van der Waals surface area contributed by atoms with E-state index in [0.717, 1.165) is 37.0 Å². The molecule has 2 nitrogen and oxygen atoms in total. The number of hydrogen-bond donors (Lipinski definition) is 0. The number of methoxy groups -OCH3 is 1. The Morgan fingerprint density at radius 3 is 2.95 bits per heavy atom. The minimum atomic E-state index is -0.254. The SMILES string of the molecule is COc1ccc(Cl)cc1CC1(C#N)CCCC(C)C1. The van der Waals surface area contributed by atoms with Gasteiger partial charge in [0.15, 0.2) is 0 Å². The lowest BCUT2D eigenvalue weighted by Gasteiger charge is -2.34. The van der Waals surface area contributed by atoms with Gasteiger partial charge < -0.3 is 4.74 Å². The van der Waals surface area contributed by atoms with Gasteiger partial charge in [0.05, 0.1) is 18.6 Å². The molecule has 1 aromatic carbocycles. The lowest BCUT2D eigenvalue weighted by Crippen LogP contribution is -2.28. The molecule has 0 aromatic heterocycles. The van der Waals surface area contributed by atoms with E-state index in [1.54, 1.807) is 7.11 Å². The molecule has 2 unspecified atom stereocenters.